The first-order chi connectivity index (χ1) is 8.38. The molecule has 0 bridgehead atoms. The number of hydrogen-bond acceptors (Lipinski definition) is 2. The van der Waals surface area contributed by atoms with E-state index in [1.807, 2.05) is 0 Å². The largest absolute Gasteiger partial charge is 0.401 e. The lowest BCUT2D eigenvalue weighted by Gasteiger charge is -2.18. The van der Waals surface area contributed by atoms with Crippen molar-refractivity contribution < 1.29 is 18.0 Å². The average Bonchev–Trinajstić information content (AvgIpc) is 2.74. The fourth-order valence-corrected chi connectivity index (χ4v) is 2.28. The Morgan fingerprint density at radius 2 is 1.94 bits per heavy atom. The van der Waals surface area contributed by atoms with Crippen molar-refractivity contribution in [2.24, 2.45) is 5.92 Å². The summed E-state index contributed by atoms with van der Waals surface area (Å²) < 4.78 is 36.1. The van der Waals surface area contributed by atoms with Gasteiger partial charge in [0.2, 0.25) is 5.91 Å². The van der Waals surface area contributed by atoms with Crippen molar-refractivity contribution in [3.05, 3.63) is 0 Å². The summed E-state index contributed by atoms with van der Waals surface area (Å²) in [6.07, 6.45) is 0.491. The standard InChI is InChI=1S/C12H21F3N2O/c1-17(9-12(13,14)15)8-4-7-16-11(18)10-5-2-3-6-10/h10H,2-9H2,1H3,(H,16,18). The molecule has 0 spiro atoms. The second-order valence-electron chi connectivity index (χ2n) is 4.98. The van der Waals surface area contributed by atoms with Gasteiger partial charge in [-0.05, 0) is 32.9 Å². The zero-order chi connectivity index (χ0) is 13.6. The Morgan fingerprint density at radius 1 is 1.33 bits per heavy atom. The van der Waals surface area contributed by atoms with Crippen LogP contribution in [-0.4, -0.2) is 43.7 Å². The number of amides is 1. The van der Waals surface area contributed by atoms with Gasteiger partial charge in [0.05, 0.1) is 6.54 Å². The predicted molar refractivity (Wildman–Crippen MR) is 63.1 cm³/mol. The molecule has 0 aromatic carbocycles. The van der Waals surface area contributed by atoms with Gasteiger partial charge < -0.3 is 5.32 Å². The third-order valence-electron chi connectivity index (χ3n) is 3.19. The molecule has 1 saturated carbocycles. The van der Waals surface area contributed by atoms with Gasteiger partial charge in [-0.1, -0.05) is 12.8 Å². The summed E-state index contributed by atoms with van der Waals surface area (Å²) in [6.45, 7) is -0.106. The van der Waals surface area contributed by atoms with E-state index in [1.54, 1.807) is 0 Å². The van der Waals surface area contributed by atoms with Crippen molar-refractivity contribution in [1.82, 2.24) is 10.2 Å². The topological polar surface area (TPSA) is 32.3 Å². The van der Waals surface area contributed by atoms with Gasteiger partial charge >= 0.3 is 6.18 Å². The number of rotatable bonds is 6. The molecule has 1 aliphatic rings. The highest BCUT2D eigenvalue weighted by Gasteiger charge is 2.28. The van der Waals surface area contributed by atoms with Crippen LogP contribution < -0.4 is 5.32 Å². The summed E-state index contributed by atoms with van der Waals surface area (Å²) in [4.78, 5) is 12.8. The van der Waals surface area contributed by atoms with Crippen LogP contribution in [0, 0.1) is 5.92 Å². The lowest BCUT2D eigenvalue weighted by molar-refractivity contribution is -0.143. The molecule has 1 N–H and O–H groups in total. The summed E-state index contributed by atoms with van der Waals surface area (Å²) in [6, 6.07) is 0. The van der Waals surface area contributed by atoms with Crippen molar-refractivity contribution in [3.63, 3.8) is 0 Å². The number of hydrogen-bond donors (Lipinski definition) is 1. The van der Waals surface area contributed by atoms with E-state index < -0.39 is 12.7 Å². The van der Waals surface area contributed by atoms with Gasteiger partial charge in [-0.3, -0.25) is 9.69 Å². The van der Waals surface area contributed by atoms with Crippen LogP contribution in [0.1, 0.15) is 32.1 Å². The first-order valence-electron chi connectivity index (χ1n) is 6.41. The van der Waals surface area contributed by atoms with Gasteiger partial charge in [0.15, 0.2) is 0 Å². The molecule has 0 radical (unpaired) electrons. The van der Waals surface area contributed by atoms with E-state index in [0.717, 1.165) is 25.7 Å². The molecule has 1 fully saturated rings. The molecule has 0 saturated heterocycles. The van der Waals surface area contributed by atoms with Crippen molar-refractivity contribution >= 4 is 5.91 Å². The number of nitrogens with zero attached hydrogens (tertiary/aromatic N) is 1. The fourth-order valence-electron chi connectivity index (χ4n) is 2.28. The Labute approximate surface area is 106 Å². The van der Waals surface area contributed by atoms with E-state index in [0.29, 0.717) is 19.5 Å². The Kier molecular flexibility index (Phi) is 5.91. The van der Waals surface area contributed by atoms with E-state index in [1.165, 1.54) is 11.9 Å². The van der Waals surface area contributed by atoms with Crippen LogP contribution >= 0.6 is 0 Å². The van der Waals surface area contributed by atoms with Crippen LogP contribution in [-0.2, 0) is 4.79 Å². The maximum Gasteiger partial charge on any atom is 0.401 e. The van der Waals surface area contributed by atoms with E-state index in [-0.39, 0.29) is 11.8 Å². The second-order valence-corrected chi connectivity index (χ2v) is 4.98. The molecule has 0 heterocycles. The second kappa shape index (κ2) is 6.97. The van der Waals surface area contributed by atoms with Gasteiger partial charge in [-0.15, -0.1) is 0 Å². The predicted octanol–water partition coefficient (Wildman–Crippen LogP) is 2.18. The van der Waals surface area contributed by atoms with Crippen LogP contribution in [0.15, 0.2) is 0 Å². The lowest BCUT2D eigenvalue weighted by atomic mass is 10.1. The molecule has 106 valence electrons. The number of alkyl halides is 3. The van der Waals surface area contributed by atoms with E-state index >= 15 is 0 Å². The first kappa shape index (κ1) is 15.3. The van der Waals surface area contributed by atoms with Crippen molar-refractivity contribution in [2.45, 2.75) is 38.3 Å². The summed E-state index contributed by atoms with van der Waals surface area (Å²) in [5.41, 5.74) is 0. The smallest absolute Gasteiger partial charge is 0.356 e. The van der Waals surface area contributed by atoms with E-state index in [4.69, 9.17) is 0 Å². The summed E-state index contributed by atoms with van der Waals surface area (Å²) in [5.74, 6) is 0.184. The zero-order valence-electron chi connectivity index (χ0n) is 10.7. The van der Waals surface area contributed by atoms with Crippen LogP contribution in [0.2, 0.25) is 0 Å². The van der Waals surface area contributed by atoms with Gasteiger partial charge in [0, 0.05) is 12.5 Å². The molecule has 0 unspecified atom stereocenters. The third-order valence-corrected chi connectivity index (χ3v) is 3.19. The molecule has 6 heteroatoms. The molecule has 1 amide bonds. The first-order valence-corrected chi connectivity index (χ1v) is 6.41. The normalized spacial score (nSPS) is 17.4. The average molecular weight is 266 g/mol. The number of halogens is 3. The Bertz CT molecular complexity index is 263. The van der Waals surface area contributed by atoms with E-state index in [9.17, 15) is 18.0 Å². The van der Waals surface area contributed by atoms with Gasteiger partial charge in [0.25, 0.3) is 0 Å². The Hall–Kier alpha value is -0.780. The number of carbonyl (C=O) groups is 1. The fraction of sp³-hybridized carbons (Fsp3) is 0.917. The highest BCUT2D eigenvalue weighted by Crippen LogP contribution is 2.24. The van der Waals surface area contributed by atoms with Crippen molar-refractivity contribution in [2.75, 3.05) is 26.7 Å². The summed E-state index contributed by atoms with van der Waals surface area (Å²) in [7, 11) is 1.44. The molecule has 18 heavy (non-hydrogen) atoms. The summed E-state index contributed by atoms with van der Waals surface area (Å²) >= 11 is 0. The molecule has 0 atom stereocenters. The lowest BCUT2D eigenvalue weighted by Crippen LogP contribution is -2.35. The van der Waals surface area contributed by atoms with E-state index in [2.05, 4.69) is 5.32 Å². The highest BCUT2D eigenvalue weighted by molar-refractivity contribution is 5.78. The molecule has 0 aliphatic heterocycles. The van der Waals surface area contributed by atoms with Crippen LogP contribution in [0.25, 0.3) is 0 Å². The number of carbonyl (C=O) groups excluding carboxylic acids is 1. The minimum absolute atomic E-state index is 0.0611. The highest BCUT2D eigenvalue weighted by atomic mass is 19.4. The van der Waals surface area contributed by atoms with Gasteiger partial charge in [0.1, 0.15) is 0 Å². The molecular weight excluding hydrogens is 245 g/mol. The Balaban J connectivity index is 2.05. The van der Waals surface area contributed by atoms with Gasteiger partial charge in [-0.2, -0.15) is 13.2 Å². The van der Waals surface area contributed by atoms with Crippen LogP contribution in [0.5, 0.6) is 0 Å². The maximum atomic E-state index is 12.0. The quantitative estimate of drug-likeness (QED) is 0.747. The molecular formula is C12H21F3N2O. The maximum absolute atomic E-state index is 12.0. The van der Waals surface area contributed by atoms with Gasteiger partial charge in [-0.25, -0.2) is 0 Å². The minimum atomic E-state index is -4.15. The number of nitrogens with one attached hydrogen (secondary N) is 1. The molecule has 1 aliphatic carbocycles. The molecule has 0 aromatic rings. The monoisotopic (exact) mass is 266 g/mol. The molecule has 1 rings (SSSR count). The SMILES string of the molecule is CN(CCCNC(=O)C1CCCC1)CC(F)(F)F. The van der Waals surface area contributed by atoms with Crippen molar-refractivity contribution in [1.29, 1.82) is 0 Å². The van der Waals surface area contributed by atoms with Crippen LogP contribution in [0.4, 0.5) is 13.2 Å². The molecule has 3 nitrogen and oxygen atoms in total. The molecule has 0 aromatic heterocycles. The van der Waals surface area contributed by atoms with Crippen LogP contribution in [0.3, 0.4) is 0 Å². The third kappa shape index (κ3) is 6.23. The summed E-state index contributed by atoms with van der Waals surface area (Å²) in [5, 5.41) is 2.80. The van der Waals surface area contributed by atoms with Crippen molar-refractivity contribution in [3.8, 4) is 0 Å². The minimum Gasteiger partial charge on any atom is -0.356 e. The Morgan fingerprint density at radius 3 is 2.50 bits per heavy atom. The zero-order valence-corrected chi connectivity index (χ0v) is 10.7.